The van der Waals surface area contributed by atoms with Gasteiger partial charge in [-0.05, 0) is 30.9 Å². The number of nitrogens with zero attached hydrogens (tertiary/aromatic N) is 2. The van der Waals surface area contributed by atoms with E-state index in [1.807, 2.05) is 16.3 Å². The monoisotopic (exact) mass is 301 g/mol. The zero-order valence-corrected chi connectivity index (χ0v) is 12.4. The number of aryl methyl sites for hydroxylation is 1. The van der Waals surface area contributed by atoms with Crippen LogP contribution in [0.25, 0.3) is 11.0 Å². The van der Waals surface area contributed by atoms with Crippen LogP contribution in [0.15, 0.2) is 12.1 Å². The molecule has 1 heterocycles. The van der Waals surface area contributed by atoms with Crippen LogP contribution in [0.1, 0.15) is 19.3 Å². The lowest BCUT2D eigenvalue weighted by molar-refractivity contribution is 0.614. The lowest BCUT2D eigenvalue weighted by Gasteiger charge is -2.06. The highest BCUT2D eigenvalue weighted by Gasteiger charge is 2.11. The highest BCUT2D eigenvalue weighted by atomic mass is 35.5. The van der Waals surface area contributed by atoms with E-state index >= 15 is 0 Å². The van der Waals surface area contributed by atoms with Crippen molar-refractivity contribution in [2.24, 2.45) is 0 Å². The number of unbranched alkanes of at least 4 members (excludes halogenated alkanes) is 2. The van der Waals surface area contributed by atoms with E-state index in [0.29, 0.717) is 17.0 Å². The first kappa shape index (κ1) is 14.5. The minimum Gasteiger partial charge on any atom is -0.369 e. The largest absolute Gasteiger partial charge is 0.369 e. The third kappa shape index (κ3) is 3.34. The van der Waals surface area contributed by atoms with E-state index in [0.717, 1.165) is 19.4 Å². The van der Waals surface area contributed by atoms with Crippen LogP contribution in [0.5, 0.6) is 0 Å². The smallest absolute Gasteiger partial charge is 0.201 e. The first-order valence-corrected chi connectivity index (χ1v) is 8.00. The number of fused-ring (bicyclic) bond motifs is 1. The quantitative estimate of drug-likeness (QED) is 0.822. The number of rotatable bonds is 6. The molecule has 3 nitrogen and oxygen atoms in total. The van der Waals surface area contributed by atoms with E-state index in [4.69, 9.17) is 17.3 Å². The van der Waals surface area contributed by atoms with Gasteiger partial charge in [0.1, 0.15) is 5.82 Å². The molecule has 0 aliphatic carbocycles. The minimum absolute atomic E-state index is 0.0807. The molecular weight excluding hydrogens is 285 g/mol. The Bertz CT molecular complexity index is 571. The van der Waals surface area contributed by atoms with Crippen LogP contribution in [-0.4, -0.2) is 21.6 Å². The molecule has 2 N–H and O–H groups in total. The maximum atomic E-state index is 13.5. The minimum atomic E-state index is -0.433. The van der Waals surface area contributed by atoms with Crippen molar-refractivity contribution in [3.8, 4) is 0 Å². The number of halogens is 2. The molecule has 19 heavy (non-hydrogen) atoms. The molecule has 0 atom stereocenters. The van der Waals surface area contributed by atoms with E-state index < -0.39 is 5.82 Å². The zero-order chi connectivity index (χ0) is 13.8. The molecule has 104 valence electrons. The van der Waals surface area contributed by atoms with Gasteiger partial charge in [-0.2, -0.15) is 11.8 Å². The van der Waals surface area contributed by atoms with Crippen molar-refractivity contribution >= 4 is 40.3 Å². The molecule has 0 fully saturated rings. The predicted octanol–water partition coefficient (Wildman–Crippen LogP) is 3.94. The zero-order valence-electron chi connectivity index (χ0n) is 10.8. The van der Waals surface area contributed by atoms with Crippen molar-refractivity contribution < 1.29 is 4.39 Å². The van der Waals surface area contributed by atoms with Gasteiger partial charge in [0.15, 0.2) is 0 Å². The number of anilines is 1. The van der Waals surface area contributed by atoms with Crippen LogP contribution < -0.4 is 5.73 Å². The number of benzene rings is 1. The molecule has 0 amide bonds. The van der Waals surface area contributed by atoms with Gasteiger partial charge in [-0.15, -0.1) is 0 Å². The number of hydrogen-bond donors (Lipinski definition) is 1. The fourth-order valence-corrected chi connectivity index (χ4v) is 2.72. The molecule has 6 heteroatoms. The fourth-order valence-electron chi connectivity index (χ4n) is 2.07. The van der Waals surface area contributed by atoms with Gasteiger partial charge in [-0.1, -0.05) is 18.0 Å². The lowest BCUT2D eigenvalue weighted by Crippen LogP contribution is -2.03. The van der Waals surface area contributed by atoms with Crippen LogP contribution in [-0.2, 0) is 6.54 Å². The second-order valence-electron chi connectivity index (χ2n) is 4.43. The summed E-state index contributed by atoms with van der Waals surface area (Å²) >= 11 is 7.59. The number of thioether (sulfide) groups is 1. The van der Waals surface area contributed by atoms with Crippen molar-refractivity contribution in [2.75, 3.05) is 17.7 Å². The molecule has 0 aliphatic rings. The van der Waals surface area contributed by atoms with Crippen molar-refractivity contribution in [2.45, 2.75) is 25.8 Å². The molecule has 0 saturated carbocycles. The fraction of sp³-hybridized carbons (Fsp3) is 0.462. The summed E-state index contributed by atoms with van der Waals surface area (Å²) in [6, 6.07) is 2.93. The van der Waals surface area contributed by atoms with Crippen LogP contribution in [0.4, 0.5) is 10.3 Å². The summed E-state index contributed by atoms with van der Waals surface area (Å²) in [5.41, 5.74) is 7.24. The molecule has 1 aromatic heterocycles. The average molecular weight is 302 g/mol. The molecule has 0 aliphatic heterocycles. The molecule has 0 radical (unpaired) electrons. The third-order valence-electron chi connectivity index (χ3n) is 3.05. The summed E-state index contributed by atoms with van der Waals surface area (Å²) in [5.74, 6) is 1.16. The summed E-state index contributed by atoms with van der Waals surface area (Å²) < 4.78 is 15.4. The van der Waals surface area contributed by atoms with E-state index in [1.54, 1.807) is 0 Å². The summed E-state index contributed by atoms with van der Waals surface area (Å²) in [6.07, 6.45) is 5.44. The lowest BCUT2D eigenvalue weighted by atomic mass is 10.2. The van der Waals surface area contributed by atoms with Gasteiger partial charge in [0.05, 0.1) is 16.1 Å². The standard InChI is InChI=1S/C13H17ClFN3S/c1-19-6-4-2-3-5-18-12-8-10(15)9(14)7-11(12)17-13(18)16/h7-8H,2-6H2,1H3,(H2,16,17). The van der Waals surface area contributed by atoms with Gasteiger partial charge in [-0.3, -0.25) is 0 Å². The number of hydrogen-bond acceptors (Lipinski definition) is 3. The van der Waals surface area contributed by atoms with Gasteiger partial charge in [0.25, 0.3) is 0 Å². The van der Waals surface area contributed by atoms with Crippen LogP contribution in [0.2, 0.25) is 5.02 Å². The maximum absolute atomic E-state index is 13.5. The second-order valence-corrected chi connectivity index (χ2v) is 5.82. The van der Waals surface area contributed by atoms with Crippen molar-refractivity contribution in [3.05, 3.63) is 23.0 Å². The molecule has 0 spiro atoms. The van der Waals surface area contributed by atoms with E-state index in [-0.39, 0.29) is 5.02 Å². The number of imidazole rings is 1. The Balaban J connectivity index is 2.13. The van der Waals surface area contributed by atoms with Crippen molar-refractivity contribution in [3.63, 3.8) is 0 Å². The molecule has 0 bridgehead atoms. The van der Waals surface area contributed by atoms with Gasteiger partial charge in [0.2, 0.25) is 5.95 Å². The maximum Gasteiger partial charge on any atom is 0.201 e. The summed E-state index contributed by atoms with van der Waals surface area (Å²) in [5, 5.41) is 0.0807. The van der Waals surface area contributed by atoms with E-state index in [9.17, 15) is 4.39 Å². The molecule has 0 unspecified atom stereocenters. The first-order chi connectivity index (χ1) is 9.13. The first-order valence-electron chi connectivity index (χ1n) is 6.23. The Hall–Kier alpha value is -0.940. The van der Waals surface area contributed by atoms with E-state index in [2.05, 4.69) is 11.2 Å². The van der Waals surface area contributed by atoms with E-state index in [1.165, 1.54) is 24.3 Å². The molecule has 2 aromatic rings. The molecular formula is C13H17ClFN3S. The number of nitrogens with two attached hydrogens (primary N) is 1. The summed E-state index contributed by atoms with van der Waals surface area (Å²) in [4.78, 5) is 4.22. The van der Waals surface area contributed by atoms with Gasteiger partial charge in [0, 0.05) is 12.6 Å². The van der Waals surface area contributed by atoms with Crippen molar-refractivity contribution in [1.29, 1.82) is 0 Å². The summed E-state index contributed by atoms with van der Waals surface area (Å²) in [6.45, 7) is 0.762. The van der Waals surface area contributed by atoms with Gasteiger partial charge < -0.3 is 10.3 Å². The summed E-state index contributed by atoms with van der Waals surface area (Å²) in [7, 11) is 0. The molecule has 0 saturated heterocycles. The van der Waals surface area contributed by atoms with Gasteiger partial charge >= 0.3 is 0 Å². The normalized spacial score (nSPS) is 11.3. The second kappa shape index (κ2) is 6.48. The Morgan fingerprint density at radius 1 is 1.37 bits per heavy atom. The number of nitrogen functional groups attached to an aromatic ring is 1. The van der Waals surface area contributed by atoms with Crippen LogP contribution in [0.3, 0.4) is 0 Å². The third-order valence-corrected chi connectivity index (χ3v) is 4.04. The van der Waals surface area contributed by atoms with Crippen molar-refractivity contribution in [1.82, 2.24) is 9.55 Å². The highest BCUT2D eigenvalue weighted by Crippen LogP contribution is 2.25. The highest BCUT2D eigenvalue weighted by molar-refractivity contribution is 7.98. The Labute approximate surface area is 121 Å². The average Bonchev–Trinajstić information content (AvgIpc) is 2.66. The topological polar surface area (TPSA) is 43.8 Å². The Morgan fingerprint density at radius 2 is 2.16 bits per heavy atom. The SMILES string of the molecule is CSCCCCCn1c(N)nc2cc(Cl)c(F)cc21. The predicted molar refractivity (Wildman–Crippen MR) is 81.3 cm³/mol. The molecule has 2 rings (SSSR count). The Morgan fingerprint density at radius 3 is 2.89 bits per heavy atom. The van der Waals surface area contributed by atoms with Gasteiger partial charge in [-0.25, -0.2) is 9.37 Å². The number of aromatic nitrogens is 2. The molecule has 1 aromatic carbocycles. The van der Waals surface area contributed by atoms with Crippen LogP contribution in [0, 0.1) is 5.82 Å². The van der Waals surface area contributed by atoms with Crippen LogP contribution >= 0.6 is 23.4 Å². The Kier molecular flexibility index (Phi) is 4.93.